The molecule has 1 aliphatic carbocycles. The van der Waals surface area contributed by atoms with Crippen molar-refractivity contribution in [3.8, 4) is 0 Å². The lowest BCUT2D eigenvalue weighted by molar-refractivity contribution is -0.137. The Hall–Kier alpha value is -1.29. The first kappa shape index (κ1) is 10.8. The zero-order valence-corrected chi connectivity index (χ0v) is 9.76. The minimum Gasteiger partial charge on any atom is -0.375 e. The number of ether oxygens (including phenoxy) is 1. The van der Waals surface area contributed by atoms with E-state index in [0.717, 1.165) is 25.7 Å². The SMILES string of the molecule is O=C(c1cnccn1)C1CCOC2(CCC2)C1. The van der Waals surface area contributed by atoms with Gasteiger partial charge in [-0.25, -0.2) is 4.98 Å². The van der Waals surface area contributed by atoms with E-state index >= 15 is 0 Å². The molecule has 1 spiro atoms. The third-order valence-electron chi connectivity index (χ3n) is 3.94. The maximum atomic E-state index is 12.3. The summed E-state index contributed by atoms with van der Waals surface area (Å²) in [5.74, 6) is 0.202. The van der Waals surface area contributed by atoms with Gasteiger partial charge in [0.2, 0.25) is 0 Å². The Kier molecular flexibility index (Phi) is 2.67. The highest BCUT2D eigenvalue weighted by Crippen LogP contribution is 2.44. The van der Waals surface area contributed by atoms with Gasteiger partial charge in [0.1, 0.15) is 5.69 Å². The van der Waals surface area contributed by atoms with Crippen LogP contribution < -0.4 is 0 Å². The lowest BCUT2D eigenvalue weighted by atomic mass is 9.71. The summed E-state index contributed by atoms with van der Waals surface area (Å²) in [7, 11) is 0. The van der Waals surface area contributed by atoms with E-state index in [1.807, 2.05) is 0 Å². The number of aromatic nitrogens is 2. The van der Waals surface area contributed by atoms with Crippen LogP contribution in [0.2, 0.25) is 0 Å². The maximum absolute atomic E-state index is 12.3. The van der Waals surface area contributed by atoms with E-state index in [-0.39, 0.29) is 17.3 Å². The van der Waals surface area contributed by atoms with E-state index < -0.39 is 0 Å². The predicted molar refractivity (Wildman–Crippen MR) is 61.6 cm³/mol. The fourth-order valence-electron chi connectivity index (χ4n) is 2.81. The average molecular weight is 232 g/mol. The van der Waals surface area contributed by atoms with Crippen molar-refractivity contribution in [1.82, 2.24) is 9.97 Å². The van der Waals surface area contributed by atoms with Crippen LogP contribution >= 0.6 is 0 Å². The van der Waals surface area contributed by atoms with Gasteiger partial charge in [0, 0.05) is 24.9 Å². The van der Waals surface area contributed by atoms with Crippen LogP contribution in [0.4, 0.5) is 0 Å². The summed E-state index contributed by atoms with van der Waals surface area (Å²) in [6.07, 6.45) is 9.85. The van der Waals surface area contributed by atoms with Crippen molar-refractivity contribution in [2.24, 2.45) is 5.92 Å². The van der Waals surface area contributed by atoms with E-state index in [0.29, 0.717) is 12.3 Å². The number of carbonyl (C=O) groups excluding carboxylic acids is 1. The molecule has 1 unspecified atom stereocenters. The third kappa shape index (κ3) is 1.97. The summed E-state index contributed by atoms with van der Waals surface area (Å²) in [4.78, 5) is 20.3. The zero-order valence-electron chi connectivity index (χ0n) is 9.76. The number of ketones is 1. The molecule has 0 radical (unpaired) electrons. The Labute approximate surface area is 100 Å². The second-order valence-corrected chi connectivity index (χ2v) is 5.03. The van der Waals surface area contributed by atoms with Gasteiger partial charge >= 0.3 is 0 Å². The molecule has 0 aromatic carbocycles. The summed E-state index contributed by atoms with van der Waals surface area (Å²) < 4.78 is 5.83. The van der Waals surface area contributed by atoms with Crippen molar-refractivity contribution in [1.29, 1.82) is 0 Å². The lowest BCUT2D eigenvalue weighted by Gasteiger charge is -2.46. The van der Waals surface area contributed by atoms with Crippen LogP contribution in [0.1, 0.15) is 42.6 Å². The second-order valence-electron chi connectivity index (χ2n) is 5.03. The van der Waals surface area contributed by atoms with Gasteiger partial charge in [-0.15, -0.1) is 0 Å². The molecule has 1 atom stereocenters. The largest absolute Gasteiger partial charge is 0.375 e. The minimum atomic E-state index is 0.0147. The van der Waals surface area contributed by atoms with Crippen LogP contribution in [0, 0.1) is 5.92 Å². The van der Waals surface area contributed by atoms with Crippen molar-refractivity contribution in [3.63, 3.8) is 0 Å². The van der Waals surface area contributed by atoms with Gasteiger partial charge in [-0.3, -0.25) is 9.78 Å². The number of Topliss-reactive ketones (excluding diaryl/α,β-unsaturated/α-hetero) is 1. The molecule has 1 saturated carbocycles. The number of hydrogen-bond donors (Lipinski definition) is 0. The smallest absolute Gasteiger partial charge is 0.186 e. The highest BCUT2D eigenvalue weighted by molar-refractivity contribution is 5.95. The summed E-state index contributed by atoms with van der Waals surface area (Å²) in [6.45, 7) is 0.705. The molecule has 2 heterocycles. The molecule has 0 bridgehead atoms. The van der Waals surface area contributed by atoms with Crippen molar-refractivity contribution in [2.45, 2.75) is 37.7 Å². The molecule has 1 saturated heterocycles. The summed E-state index contributed by atoms with van der Waals surface area (Å²) in [6, 6.07) is 0. The van der Waals surface area contributed by atoms with E-state index in [1.165, 1.54) is 6.42 Å². The Morgan fingerprint density at radius 1 is 1.41 bits per heavy atom. The molecule has 1 aromatic heterocycles. The Morgan fingerprint density at radius 2 is 2.29 bits per heavy atom. The van der Waals surface area contributed by atoms with Gasteiger partial charge in [-0.05, 0) is 32.1 Å². The van der Waals surface area contributed by atoms with Crippen molar-refractivity contribution >= 4 is 5.78 Å². The normalized spacial score (nSPS) is 26.5. The van der Waals surface area contributed by atoms with Gasteiger partial charge in [0.15, 0.2) is 5.78 Å². The molecule has 4 heteroatoms. The third-order valence-corrected chi connectivity index (χ3v) is 3.94. The molecule has 0 N–H and O–H groups in total. The molecule has 17 heavy (non-hydrogen) atoms. The number of nitrogens with zero attached hydrogens (tertiary/aromatic N) is 2. The number of hydrogen-bond acceptors (Lipinski definition) is 4. The van der Waals surface area contributed by atoms with E-state index in [1.54, 1.807) is 18.6 Å². The summed E-state index contributed by atoms with van der Waals surface area (Å²) in [5.41, 5.74) is 0.509. The molecule has 3 rings (SSSR count). The highest BCUT2D eigenvalue weighted by Gasteiger charge is 2.44. The van der Waals surface area contributed by atoms with Crippen LogP contribution in [0.25, 0.3) is 0 Å². The van der Waals surface area contributed by atoms with Gasteiger partial charge in [-0.1, -0.05) is 0 Å². The van der Waals surface area contributed by atoms with Gasteiger partial charge < -0.3 is 4.74 Å². The molecule has 2 fully saturated rings. The first-order chi connectivity index (χ1) is 8.29. The topological polar surface area (TPSA) is 52.1 Å². The fraction of sp³-hybridized carbons (Fsp3) is 0.615. The first-order valence-corrected chi connectivity index (χ1v) is 6.23. The molecule has 1 aliphatic heterocycles. The molecule has 4 nitrogen and oxygen atoms in total. The molecular formula is C13H16N2O2. The minimum absolute atomic E-state index is 0.0147. The van der Waals surface area contributed by atoms with Crippen LogP contribution in [0.3, 0.4) is 0 Å². The molecule has 0 amide bonds. The quantitative estimate of drug-likeness (QED) is 0.732. The van der Waals surface area contributed by atoms with Crippen LogP contribution in [0.5, 0.6) is 0 Å². The standard InChI is InChI=1S/C13H16N2O2/c16-12(11-9-14-5-6-15-11)10-2-7-17-13(8-10)3-1-4-13/h5-6,9-10H,1-4,7-8H2. The maximum Gasteiger partial charge on any atom is 0.186 e. The monoisotopic (exact) mass is 232 g/mol. The van der Waals surface area contributed by atoms with E-state index in [4.69, 9.17) is 4.74 Å². The van der Waals surface area contributed by atoms with Gasteiger partial charge in [0.25, 0.3) is 0 Å². The lowest BCUT2D eigenvalue weighted by Crippen LogP contribution is -2.47. The Balaban J connectivity index is 1.74. The highest BCUT2D eigenvalue weighted by atomic mass is 16.5. The van der Waals surface area contributed by atoms with E-state index in [2.05, 4.69) is 9.97 Å². The van der Waals surface area contributed by atoms with Crippen molar-refractivity contribution < 1.29 is 9.53 Å². The Bertz CT molecular complexity index is 415. The fourth-order valence-corrected chi connectivity index (χ4v) is 2.81. The van der Waals surface area contributed by atoms with Gasteiger partial charge in [-0.2, -0.15) is 0 Å². The molecular weight excluding hydrogens is 216 g/mol. The molecule has 2 aliphatic rings. The first-order valence-electron chi connectivity index (χ1n) is 6.23. The average Bonchev–Trinajstić information content (AvgIpc) is 2.37. The summed E-state index contributed by atoms with van der Waals surface area (Å²) in [5, 5.41) is 0. The summed E-state index contributed by atoms with van der Waals surface area (Å²) >= 11 is 0. The van der Waals surface area contributed by atoms with Crippen LogP contribution in [-0.2, 0) is 4.74 Å². The second kappa shape index (κ2) is 4.18. The van der Waals surface area contributed by atoms with Crippen molar-refractivity contribution in [3.05, 3.63) is 24.3 Å². The zero-order chi connectivity index (χ0) is 11.7. The van der Waals surface area contributed by atoms with Crippen LogP contribution in [-0.4, -0.2) is 28.0 Å². The van der Waals surface area contributed by atoms with Crippen LogP contribution in [0.15, 0.2) is 18.6 Å². The van der Waals surface area contributed by atoms with E-state index in [9.17, 15) is 4.79 Å². The van der Waals surface area contributed by atoms with Crippen molar-refractivity contribution in [2.75, 3.05) is 6.61 Å². The molecule has 90 valence electrons. The van der Waals surface area contributed by atoms with Gasteiger partial charge in [0.05, 0.1) is 11.8 Å². The Morgan fingerprint density at radius 3 is 2.94 bits per heavy atom. The predicted octanol–water partition coefficient (Wildman–Crippen LogP) is 2.01. The number of carbonyl (C=O) groups is 1. The molecule has 1 aromatic rings. The number of rotatable bonds is 2.